The highest BCUT2D eigenvalue weighted by Crippen LogP contribution is 2.17. The van der Waals surface area contributed by atoms with Crippen LogP contribution in [0.5, 0.6) is 0 Å². The number of nitrogens with zero attached hydrogens (tertiary/aromatic N) is 1. The predicted molar refractivity (Wildman–Crippen MR) is 88.3 cm³/mol. The first-order valence-corrected chi connectivity index (χ1v) is 8.56. The first-order chi connectivity index (χ1) is 11.7. The predicted octanol–water partition coefficient (Wildman–Crippen LogP) is 1.94. The van der Waals surface area contributed by atoms with Crippen molar-refractivity contribution < 1.29 is 19.1 Å². The molecule has 0 radical (unpaired) electrons. The Labute approximate surface area is 142 Å². The lowest BCUT2D eigenvalue weighted by molar-refractivity contribution is -0.128. The highest BCUT2D eigenvalue weighted by molar-refractivity contribution is 5.79. The van der Waals surface area contributed by atoms with Crippen LogP contribution in [0.3, 0.4) is 0 Å². The molecule has 0 unspecified atom stereocenters. The first kappa shape index (κ1) is 16.8. The molecule has 6 nitrogen and oxygen atoms in total. The molecule has 2 fully saturated rings. The SMILES string of the molecule is O=C(N[C@@H]1CCN(C(=O)OCc2ccccc2)C1)C1CCOCC1. The van der Waals surface area contributed by atoms with E-state index in [2.05, 4.69) is 5.32 Å². The number of benzene rings is 1. The summed E-state index contributed by atoms with van der Waals surface area (Å²) < 4.78 is 10.6. The molecule has 24 heavy (non-hydrogen) atoms. The second-order valence-electron chi connectivity index (χ2n) is 6.37. The molecule has 1 N–H and O–H groups in total. The van der Waals surface area contributed by atoms with E-state index in [0.29, 0.717) is 26.3 Å². The van der Waals surface area contributed by atoms with Gasteiger partial charge in [0, 0.05) is 38.3 Å². The number of hydrogen-bond donors (Lipinski definition) is 1. The van der Waals surface area contributed by atoms with Gasteiger partial charge >= 0.3 is 6.09 Å². The minimum absolute atomic E-state index is 0.0182. The van der Waals surface area contributed by atoms with Gasteiger partial charge in [0.05, 0.1) is 0 Å². The van der Waals surface area contributed by atoms with Crippen molar-refractivity contribution in [2.24, 2.45) is 5.92 Å². The van der Waals surface area contributed by atoms with Crippen LogP contribution in [0.2, 0.25) is 0 Å². The number of hydrogen-bond acceptors (Lipinski definition) is 4. The average Bonchev–Trinajstić information content (AvgIpc) is 3.10. The van der Waals surface area contributed by atoms with Crippen molar-refractivity contribution in [2.45, 2.75) is 31.9 Å². The molecule has 1 atom stereocenters. The van der Waals surface area contributed by atoms with E-state index in [4.69, 9.17) is 9.47 Å². The molecule has 1 aromatic rings. The molecule has 2 saturated heterocycles. The van der Waals surface area contributed by atoms with Gasteiger partial charge in [-0.15, -0.1) is 0 Å². The van der Waals surface area contributed by atoms with Gasteiger partial charge in [0.15, 0.2) is 0 Å². The Hall–Kier alpha value is -2.08. The van der Waals surface area contributed by atoms with E-state index in [1.165, 1.54) is 0 Å². The maximum atomic E-state index is 12.2. The zero-order valence-electron chi connectivity index (χ0n) is 13.8. The second-order valence-corrected chi connectivity index (χ2v) is 6.37. The third-order valence-electron chi connectivity index (χ3n) is 4.59. The maximum absolute atomic E-state index is 12.2. The Bertz CT molecular complexity index is 557. The van der Waals surface area contributed by atoms with Crippen molar-refractivity contribution in [3.63, 3.8) is 0 Å². The van der Waals surface area contributed by atoms with E-state index in [-0.39, 0.29) is 30.6 Å². The fourth-order valence-electron chi connectivity index (χ4n) is 3.13. The minimum atomic E-state index is -0.318. The van der Waals surface area contributed by atoms with Gasteiger partial charge in [-0.25, -0.2) is 4.79 Å². The average molecular weight is 332 g/mol. The van der Waals surface area contributed by atoms with Gasteiger partial charge in [0.25, 0.3) is 0 Å². The summed E-state index contributed by atoms with van der Waals surface area (Å²) in [5.74, 6) is 0.126. The van der Waals surface area contributed by atoms with E-state index in [1.807, 2.05) is 30.3 Å². The molecular weight excluding hydrogens is 308 g/mol. The van der Waals surface area contributed by atoms with E-state index in [1.54, 1.807) is 4.90 Å². The Morgan fingerprint density at radius 2 is 1.92 bits per heavy atom. The van der Waals surface area contributed by atoms with Crippen LogP contribution in [0, 0.1) is 5.92 Å². The smallest absolute Gasteiger partial charge is 0.410 e. The number of likely N-dealkylation sites (tertiary alicyclic amines) is 1. The van der Waals surface area contributed by atoms with Crippen molar-refractivity contribution in [1.29, 1.82) is 0 Å². The van der Waals surface area contributed by atoms with Crippen LogP contribution in [0.1, 0.15) is 24.8 Å². The molecule has 1 aromatic carbocycles. The Balaban J connectivity index is 1.41. The van der Waals surface area contributed by atoms with Gasteiger partial charge in [0.1, 0.15) is 6.61 Å². The third kappa shape index (κ3) is 4.47. The number of carbonyl (C=O) groups is 2. The summed E-state index contributed by atoms with van der Waals surface area (Å²) in [6, 6.07) is 9.63. The van der Waals surface area contributed by atoms with Gasteiger partial charge in [-0.1, -0.05) is 30.3 Å². The fraction of sp³-hybridized carbons (Fsp3) is 0.556. The molecule has 3 rings (SSSR count). The standard InChI is InChI=1S/C18H24N2O4/c21-17(15-7-10-23-11-8-15)19-16-6-9-20(12-16)18(22)24-13-14-4-2-1-3-5-14/h1-5,15-16H,6-13H2,(H,19,21)/t16-/m1/s1. The van der Waals surface area contributed by atoms with Crippen molar-refractivity contribution in [2.75, 3.05) is 26.3 Å². The lowest BCUT2D eigenvalue weighted by atomic mass is 9.99. The monoisotopic (exact) mass is 332 g/mol. The van der Waals surface area contributed by atoms with Crippen molar-refractivity contribution >= 4 is 12.0 Å². The number of amides is 2. The topological polar surface area (TPSA) is 67.9 Å². The number of ether oxygens (including phenoxy) is 2. The molecule has 2 aliphatic heterocycles. The fourth-order valence-corrected chi connectivity index (χ4v) is 3.13. The summed E-state index contributed by atoms with van der Waals surface area (Å²) >= 11 is 0. The van der Waals surface area contributed by atoms with E-state index < -0.39 is 0 Å². The highest BCUT2D eigenvalue weighted by atomic mass is 16.6. The zero-order valence-corrected chi connectivity index (χ0v) is 13.8. The molecule has 6 heteroatoms. The number of rotatable bonds is 4. The van der Waals surface area contributed by atoms with Crippen molar-refractivity contribution in [3.05, 3.63) is 35.9 Å². The molecule has 0 bridgehead atoms. The minimum Gasteiger partial charge on any atom is -0.445 e. The van der Waals surface area contributed by atoms with Crippen LogP contribution in [0.15, 0.2) is 30.3 Å². The molecule has 2 heterocycles. The van der Waals surface area contributed by atoms with Gasteiger partial charge in [0.2, 0.25) is 5.91 Å². The van der Waals surface area contributed by atoms with Crippen molar-refractivity contribution in [1.82, 2.24) is 10.2 Å². The second kappa shape index (κ2) is 8.15. The zero-order chi connectivity index (χ0) is 16.8. The Morgan fingerprint density at radius 1 is 1.17 bits per heavy atom. The summed E-state index contributed by atoms with van der Waals surface area (Å²) in [6.07, 6.45) is 2.01. The lowest BCUT2D eigenvalue weighted by Crippen LogP contribution is -2.42. The van der Waals surface area contributed by atoms with E-state index in [9.17, 15) is 9.59 Å². The van der Waals surface area contributed by atoms with Gasteiger partial charge < -0.3 is 19.7 Å². The summed E-state index contributed by atoms with van der Waals surface area (Å²) in [7, 11) is 0. The van der Waals surface area contributed by atoms with Crippen molar-refractivity contribution in [3.8, 4) is 0 Å². The molecule has 0 spiro atoms. The number of nitrogens with one attached hydrogen (secondary N) is 1. The maximum Gasteiger partial charge on any atom is 0.410 e. The van der Waals surface area contributed by atoms with Gasteiger partial charge in [-0.3, -0.25) is 4.79 Å². The summed E-state index contributed by atoms with van der Waals surface area (Å²) in [4.78, 5) is 26.0. The molecule has 0 aliphatic carbocycles. The Kier molecular flexibility index (Phi) is 5.69. The summed E-state index contributed by atoms with van der Waals surface area (Å²) in [6.45, 7) is 2.71. The summed E-state index contributed by atoms with van der Waals surface area (Å²) in [5.41, 5.74) is 0.967. The van der Waals surface area contributed by atoms with Crippen LogP contribution < -0.4 is 5.32 Å². The first-order valence-electron chi connectivity index (χ1n) is 8.56. The van der Waals surface area contributed by atoms with Crippen LogP contribution in [0.25, 0.3) is 0 Å². The van der Waals surface area contributed by atoms with Crippen LogP contribution in [-0.4, -0.2) is 49.2 Å². The molecule has 130 valence electrons. The molecule has 0 saturated carbocycles. The van der Waals surface area contributed by atoms with Crippen LogP contribution in [0.4, 0.5) is 4.79 Å². The third-order valence-corrected chi connectivity index (χ3v) is 4.59. The van der Waals surface area contributed by atoms with E-state index in [0.717, 1.165) is 24.8 Å². The lowest BCUT2D eigenvalue weighted by Gasteiger charge is -2.23. The molecule has 0 aromatic heterocycles. The largest absolute Gasteiger partial charge is 0.445 e. The van der Waals surface area contributed by atoms with Gasteiger partial charge in [-0.05, 0) is 24.8 Å². The molecule has 2 aliphatic rings. The quantitative estimate of drug-likeness (QED) is 0.915. The number of carbonyl (C=O) groups excluding carboxylic acids is 2. The van der Waals surface area contributed by atoms with Gasteiger partial charge in [-0.2, -0.15) is 0 Å². The summed E-state index contributed by atoms with van der Waals surface area (Å²) in [5, 5.41) is 3.06. The molecule has 2 amide bonds. The van der Waals surface area contributed by atoms with Crippen LogP contribution in [-0.2, 0) is 20.9 Å². The molecular formula is C18H24N2O4. The van der Waals surface area contributed by atoms with E-state index >= 15 is 0 Å². The van der Waals surface area contributed by atoms with Crippen LogP contribution >= 0.6 is 0 Å². The highest BCUT2D eigenvalue weighted by Gasteiger charge is 2.30. The Morgan fingerprint density at radius 3 is 2.67 bits per heavy atom. The normalized spacial score (nSPS) is 21.5.